The van der Waals surface area contributed by atoms with E-state index in [0.29, 0.717) is 17.4 Å². The van der Waals surface area contributed by atoms with Crippen molar-refractivity contribution in [2.45, 2.75) is 25.9 Å². The molecule has 0 unspecified atom stereocenters. The lowest BCUT2D eigenvalue weighted by molar-refractivity contribution is 0.0519. The number of carbonyl (C=O) groups is 1. The number of esters is 1. The molecular formula is C22H22ClN3O3. The molecule has 0 aliphatic carbocycles. The molecule has 1 fully saturated rings. The summed E-state index contributed by atoms with van der Waals surface area (Å²) in [6, 6.07) is 15.2. The van der Waals surface area contributed by atoms with Gasteiger partial charge in [-0.2, -0.15) is 0 Å². The fraction of sp³-hybridized carbons (Fsp3) is 0.318. The van der Waals surface area contributed by atoms with Gasteiger partial charge in [0, 0.05) is 31.3 Å². The van der Waals surface area contributed by atoms with Crippen LogP contribution in [0.3, 0.4) is 0 Å². The van der Waals surface area contributed by atoms with E-state index in [1.54, 1.807) is 6.92 Å². The lowest BCUT2D eigenvalue weighted by Gasteiger charge is -2.34. The van der Waals surface area contributed by atoms with Crippen molar-refractivity contribution in [3.63, 3.8) is 0 Å². The molecule has 2 aromatic carbocycles. The smallest absolute Gasteiger partial charge is 0.361 e. The third kappa shape index (κ3) is 4.12. The van der Waals surface area contributed by atoms with Gasteiger partial charge in [0.1, 0.15) is 11.9 Å². The van der Waals surface area contributed by atoms with Gasteiger partial charge < -0.3 is 14.4 Å². The van der Waals surface area contributed by atoms with Gasteiger partial charge >= 0.3 is 5.97 Å². The van der Waals surface area contributed by atoms with Crippen LogP contribution in [0, 0.1) is 0 Å². The Morgan fingerprint density at radius 1 is 1.10 bits per heavy atom. The van der Waals surface area contributed by atoms with E-state index >= 15 is 0 Å². The fourth-order valence-electron chi connectivity index (χ4n) is 3.61. The van der Waals surface area contributed by atoms with E-state index in [1.165, 1.54) is 0 Å². The average Bonchev–Trinajstić information content (AvgIpc) is 2.75. The highest BCUT2D eigenvalue weighted by atomic mass is 35.5. The van der Waals surface area contributed by atoms with E-state index in [4.69, 9.17) is 21.1 Å². The van der Waals surface area contributed by atoms with Gasteiger partial charge in [0.25, 0.3) is 0 Å². The Kier molecular flexibility index (Phi) is 5.81. The second kappa shape index (κ2) is 8.66. The normalized spacial score (nSPS) is 14.8. The molecule has 1 saturated heterocycles. The zero-order chi connectivity index (χ0) is 20.2. The van der Waals surface area contributed by atoms with Crippen molar-refractivity contribution in [3.05, 3.63) is 59.2 Å². The number of ether oxygens (including phenoxy) is 2. The van der Waals surface area contributed by atoms with Crippen LogP contribution in [0.4, 0.5) is 5.69 Å². The minimum Gasteiger partial charge on any atom is -0.489 e. The first-order chi connectivity index (χ1) is 14.2. The summed E-state index contributed by atoms with van der Waals surface area (Å²) in [6.07, 6.45) is 1.69. The van der Waals surface area contributed by atoms with Crippen LogP contribution in [0.1, 0.15) is 30.3 Å². The molecular weight excluding hydrogens is 390 g/mol. The van der Waals surface area contributed by atoms with E-state index in [-0.39, 0.29) is 11.8 Å². The molecule has 3 aromatic rings. The maximum Gasteiger partial charge on any atom is 0.361 e. The molecule has 4 rings (SSSR count). The molecule has 2 heterocycles. The number of halogens is 1. The number of nitrogens with zero attached hydrogens (tertiary/aromatic N) is 3. The Morgan fingerprint density at radius 2 is 1.83 bits per heavy atom. The zero-order valence-corrected chi connectivity index (χ0v) is 16.9. The summed E-state index contributed by atoms with van der Waals surface area (Å²) in [6.45, 7) is 3.54. The Bertz CT molecular complexity index is 1020. The average molecular weight is 412 g/mol. The van der Waals surface area contributed by atoms with E-state index in [2.05, 4.69) is 15.1 Å². The van der Waals surface area contributed by atoms with Crippen molar-refractivity contribution < 1.29 is 14.3 Å². The number of benzene rings is 2. The monoisotopic (exact) mass is 411 g/mol. The predicted molar refractivity (Wildman–Crippen MR) is 113 cm³/mol. The fourth-order valence-corrected chi connectivity index (χ4v) is 3.79. The van der Waals surface area contributed by atoms with Gasteiger partial charge in [-0.05, 0) is 25.1 Å². The molecule has 6 nitrogen and oxygen atoms in total. The van der Waals surface area contributed by atoms with Crippen LogP contribution in [-0.2, 0) is 4.74 Å². The second-order valence-corrected chi connectivity index (χ2v) is 7.28. The third-order valence-corrected chi connectivity index (χ3v) is 5.31. The molecule has 0 N–H and O–H groups in total. The lowest BCUT2D eigenvalue weighted by atomic mass is 10.0. The first kappa shape index (κ1) is 19.5. The van der Waals surface area contributed by atoms with E-state index in [9.17, 15) is 4.79 Å². The number of hydrogen-bond acceptors (Lipinski definition) is 6. The predicted octanol–water partition coefficient (Wildman–Crippen LogP) is 4.51. The molecule has 150 valence electrons. The molecule has 29 heavy (non-hydrogen) atoms. The van der Waals surface area contributed by atoms with Crippen LogP contribution in [-0.4, -0.2) is 42.0 Å². The van der Waals surface area contributed by atoms with Gasteiger partial charge in [-0.3, -0.25) is 0 Å². The molecule has 1 aromatic heterocycles. The van der Waals surface area contributed by atoms with Crippen molar-refractivity contribution in [1.82, 2.24) is 10.2 Å². The number of anilines is 1. The Hall–Kier alpha value is -2.86. The van der Waals surface area contributed by atoms with Gasteiger partial charge in [-0.1, -0.05) is 41.9 Å². The maximum atomic E-state index is 12.5. The molecule has 0 saturated carbocycles. The van der Waals surface area contributed by atoms with E-state index < -0.39 is 5.97 Å². The Balaban J connectivity index is 1.58. The first-order valence-corrected chi connectivity index (χ1v) is 10.1. The summed E-state index contributed by atoms with van der Waals surface area (Å²) in [4.78, 5) is 14.7. The van der Waals surface area contributed by atoms with Crippen LogP contribution in [0.15, 0.2) is 48.5 Å². The molecule has 1 aliphatic heterocycles. The molecule has 0 atom stereocenters. The highest BCUT2D eigenvalue weighted by Gasteiger charge is 2.28. The summed E-state index contributed by atoms with van der Waals surface area (Å²) in [7, 11) is 0. The van der Waals surface area contributed by atoms with Gasteiger partial charge in [0.05, 0.1) is 22.8 Å². The zero-order valence-electron chi connectivity index (χ0n) is 16.2. The third-order valence-electron chi connectivity index (χ3n) is 5.00. The van der Waals surface area contributed by atoms with Crippen LogP contribution < -0.4 is 9.64 Å². The largest absolute Gasteiger partial charge is 0.489 e. The summed E-state index contributed by atoms with van der Waals surface area (Å²) in [5, 5.41) is 9.90. The van der Waals surface area contributed by atoms with Gasteiger partial charge in [0.2, 0.25) is 0 Å². The number of piperidine rings is 1. The number of hydrogen-bond donors (Lipinski definition) is 0. The Labute approximate surface area is 174 Å². The van der Waals surface area contributed by atoms with Crippen LogP contribution in [0.25, 0.3) is 10.9 Å². The van der Waals surface area contributed by atoms with Crippen molar-refractivity contribution in [2.24, 2.45) is 0 Å². The number of aromatic nitrogens is 2. The van der Waals surface area contributed by atoms with Crippen LogP contribution in [0.5, 0.6) is 5.75 Å². The lowest BCUT2D eigenvalue weighted by Crippen LogP contribution is -2.39. The number of rotatable bonds is 5. The van der Waals surface area contributed by atoms with Gasteiger partial charge in [-0.15, -0.1) is 10.2 Å². The topological polar surface area (TPSA) is 64.5 Å². The molecule has 0 amide bonds. The van der Waals surface area contributed by atoms with Crippen molar-refractivity contribution in [1.29, 1.82) is 0 Å². The van der Waals surface area contributed by atoms with E-state index in [1.807, 2.05) is 48.5 Å². The Morgan fingerprint density at radius 3 is 2.59 bits per heavy atom. The van der Waals surface area contributed by atoms with Gasteiger partial charge in [-0.25, -0.2) is 4.79 Å². The standard InChI is InChI=1S/C22H22ClN3O3/c1-2-28-22(27)20-21(16-7-3-5-9-18(16)24-25-20)26-13-11-15(12-14-26)29-19-10-6-4-8-17(19)23/h3-10,15H,2,11-14H2,1H3. The molecule has 0 bridgehead atoms. The SMILES string of the molecule is CCOC(=O)c1nnc2ccccc2c1N1CCC(Oc2ccccc2Cl)CC1. The van der Waals surface area contributed by atoms with Crippen molar-refractivity contribution >= 4 is 34.2 Å². The van der Waals surface area contributed by atoms with Crippen LogP contribution in [0.2, 0.25) is 5.02 Å². The van der Waals surface area contributed by atoms with Crippen LogP contribution >= 0.6 is 11.6 Å². The highest BCUT2D eigenvalue weighted by Crippen LogP contribution is 2.32. The number of carbonyl (C=O) groups excluding carboxylic acids is 1. The minimum absolute atomic E-state index is 0.0678. The second-order valence-electron chi connectivity index (χ2n) is 6.87. The molecule has 1 aliphatic rings. The van der Waals surface area contributed by atoms with Crippen molar-refractivity contribution in [3.8, 4) is 5.75 Å². The summed E-state index contributed by atoms with van der Waals surface area (Å²) in [5.41, 5.74) is 1.80. The highest BCUT2D eigenvalue weighted by molar-refractivity contribution is 6.32. The number of para-hydroxylation sites is 1. The van der Waals surface area contributed by atoms with Crippen molar-refractivity contribution in [2.75, 3.05) is 24.6 Å². The maximum absolute atomic E-state index is 12.5. The summed E-state index contributed by atoms with van der Waals surface area (Å²) < 4.78 is 11.3. The molecule has 7 heteroatoms. The van der Waals surface area contributed by atoms with Gasteiger partial charge in [0.15, 0.2) is 5.69 Å². The first-order valence-electron chi connectivity index (χ1n) is 9.76. The molecule has 0 radical (unpaired) electrons. The minimum atomic E-state index is -0.449. The summed E-state index contributed by atoms with van der Waals surface area (Å²) in [5.74, 6) is 0.256. The molecule has 0 spiro atoms. The summed E-state index contributed by atoms with van der Waals surface area (Å²) >= 11 is 6.22. The van der Waals surface area contributed by atoms with E-state index in [0.717, 1.165) is 42.5 Å². The quantitative estimate of drug-likeness (QED) is 0.575. The number of fused-ring (bicyclic) bond motifs is 1.